The van der Waals surface area contributed by atoms with Crippen molar-refractivity contribution in [3.63, 3.8) is 0 Å². The van der Waals surface area contributed by atoms with E-state index < -0.39 is 10.8 Å². The van der Waals surface area contributed by atoms with E-state index in [-0.39, 0.29) is 19.5 Å². The van der Waals surface area contributed by atoms with Gasteiger partial charge in [0.2, 0.25) is 11.8 Å². The van der Waals surface area contributed by atoms with Crippen molar-refractivity contribution < 1.29 is 18.9 Å². The lowest BCUT2D eigenvalue weighted by Gasteiger charge is -2.21. The fourth-order valence-corrected chi connectivity index (χ4v) is 2.54. The van der Waals surface area contributed by atoms with Crippen molar-refractivity contribution in [1.29, 1.82) is 0 Å². The van der Waals surface area contributed by atoms with E-state index in [1.807, 2.05) is 41.5 Å². The SMILES string of the molecule is CC(C)(C)C(=O)Nc1ccc(Cl)cc1OBOc1cc(Cl)ccc1NC(=O)C(C)(C)C. The smallest absolute Gasteiger partial charge is 0.527 e. The lowest BCUT2D eigenvalue weighted by Crippen LogP contribution is -2.28. The third-order valence-electron chi connectivity index (χ3n) is 4.17. The highest BCUT2D eigenvalue weighted by atomic mass is 35.5. The molecule has 0 fully saturated rings. The predicted molar refractivity (Wildman–Crippen MR) is 127 cm³/mol. The number of hydrogen-bond donors (Lipinski definition) is 2. The maximum Gasteiger partial charge on any atom is 0.576 e. The van der Waals surface area contributed by atoms with Crippen molar-refractivity contribution in [2.45, 2.75) is 41.5 Å². The molecule has 0 saturated heterocycles. The van der Waals surface area contributed by atoms with Crippen LogP contribution in [0.5, 0.6) is 11.5 Å². The zero-order valence-electron chi connectivity index (χ0n) is 18.6. The first-order valence-electron chi connectivity index (χ1n) is 9.75. The van der Waals surface area contributed by atoms with Gasteiger partial charge in [-0.25, -0.2) is 0 Å². The molecule has 0 radical (unpaired) electrons. The van der Waals surface area contributed by atoms with Gasteiger partial charge in [0.1, 0.15) is 11.5 Å². The molecular weight excluding hydrogens is 438 g/mol. The number of halogens is 2. The predicted octanol–water partition coefficient (Wildman–Crippen LogP) is 5.69. The summed E-state index contributed by atoms with van der Waals surface area (Å²) in [5, 5.41) is 6.56. The van der Waals surface area contributed by atoms with Crippen LogP contribution in [0.2, 0.25) is 10.0 Å². The molecule has 2 aromatic rings. The van der Waals surface area contributed by atoms with Gasteiger partial charge >= 0.3 is 7.69 Å². The van der Waals surface area contributed by atoms with Crippen molar-refractivity contribution in [1.82, 2.24) is 0 Å². The largest absolute Gasteiger partial charge is 0.576 e. The number of benzene rings is 2. The second-order valence-electron chi connectivity index (χ2n) is 9.10. The molecule has 2 aromatic carbocycles. The number of nitrogens with one attached hydrogen (secondary N) is 2. The van der Waals surface area contributed by atoms with Gasteiger partial charge in [0.15, 0.2) is 0 Å². The molecule has 0 bridgehead atoms. The lowest BCUT2D eigenvalue weighted by atomic mass is 9.95. The Kier molecular flexibility index (Phi) is 7.90. The molecule has 0 atom stereocenters. The Balaban J connectivity index is 2.15. The van der Waals surface area contributed by atoms with Crippen LogP contribution in [0, 0.1) is 10.8 Å². The van der Waals surface area contributed by atoms with Crippen LogP contribution in [0.3, 0.4) is 0 Å². The van der Waals surface area contributed by atoms with Gasteiger partial charge in [-0.2, -0.15) is 0 Å². The summed E-state index contributed by atoms with van der Waals surface area (Å²) < 4.78 is 11.5. The minimum absolute atomic E-state index is 0.164. The van der Waals surface area contributed by atoms with E-state index in [0.29, 0.717) is 32.9 Å². The first-order chi connectivity index (χ1) is 14.3. The zero-order chi connectivity index (χ0) is 23.4. The van der Waals surface area contributed by atoms with Crippen LogP contribution in [-0.2, 0) is 9.59 Å². The summed E-state index contributed by atoms with van der Waals surface area (Å²) in [6.45, 7) is 10.9. The van der Waals surface area contributed by atoms with Gasteiger partial charge in [-0.1, -0.05) is 64.7 Å². The molecule has 0 spiro atoms. The number of carbonyl (C=O) groups is 2. The van der Waals surface area contributed by atoms with Crippen molar-refractivity contribution in [3.05, 3.63) is 46.4 Å². The molecule has 9 heteroatoms. The van der Waals surface area contributed by atoms with E-state index in [0.717, 1.165) is 0 Å². The van der Waals surface area contributed by atoms with Gasteiger partial charge in [0.25, 0.3) is 0 Å². The standard InChI is InChI=1S/C22H27BCl2N2O4/c1-21(2,3)19(28)26-15-9-7-13(24)11-17(15)30-23-31-18-12-14(25)8-10-16(18)27-20(29)22(4,5)6/h7-12,23H,1-6H3,(H,26,28)(H,27,29). The van der Waals surface area contributed by atoms with Crippen molar-refractivity contribution in [2.75, 3.05) is 10.6 Å². The molecule has 2 N–H and O–H groups in total. The second kappa shape index (κ2) is 9.83. The Hall–Kier alpha value is -2.38. The van der Waals surface area contributed by atoms with Crippen LogP contribution in [0.25, 0.3) is 0 Å². The summed E-state index contributed by atoms with van der Waals surface area (Å²) in [5.74, 6) is 0.380. The molecule has 0 aliphatic rings. The quantitative estimate of drug-likeness (QED) is 0.538. The average molecular weight is 465 g/mol. The van der Waals surface area contributed by atoms with Crippen LogP contribution in [-0.4, -0.2) is 19.5 Å². The van der Waals surface area contributed by atoms with Crippen LogP contribution in [0.1, 0.15) is 41.5 Å². The van der Waals surface area contributed by atoms with Crippen LogP contribution in [0.15, 0.2) is 36.4 Å². The molecule has 166 valence electrons. The molecule has 2 amide bonds. The summed E-state index contributed by atoms with van der Waals surface area (Å²) in [7, 11) is -0.197. The highest BCUT2D eigenvalue weighted by molar-refractivity contribution is 6.31. The minimum Gasteiger partial charge on any atom is -0.527 e. The van der Waals surface area contributed by atoms with E-state index in [1.165, 1.54) is 0 Å². The van der Waals surface area contributed by atoms with Crippen molar-refractivity contribution in [2.24, 2.45) is 10.8 Å². The average Bonchev–Trinajstić information content (AvgIpc) is 2.64. The maximum atomic E-state index is 12.3. The topological polar surface area (TPSA) is 76.7 Å². The Morgan fingerprint density at radius 2 is 1.10 bits per heavy atom. The number of hydrogen-bond acceptors (Lipinski definition) is 4. The summed E-state index contributed by atoms with van der Waals surface area (Å²) in [6.07, 6.45) is 0. The molecule has 6 nitrogen and oxygen atoms in total. The number of amides is 2. The molecular formula is C22H27BCl2N2O4. The maximum absolute atomic E-state index is 12.3. The third-order valence-corrected chi connectivity index (χ3v) is 4.65. The second-order valence-corrected chi connectivity index (χ2v) is 9.97. The normalized spacial score (nSPS) is 11.5. The number of anilines is 2. The van der Waals surface area contributed by atoms with E-state index >= 15 is 0 Å². The van der Waals surface area contributed by atoms with Crippen LogP contribution in [0.4, 0.5) is 11.4 Å². The van der Waals surface area contributed by atoms with Gasteiger partial charge in [0, 0.05) is 20.9 Å². The summed E-state index contributed by atoms with van der Waals surface area (Å²) in [4.78, 5) is 24.7. The van der Waals surface area contributed by atoms with E-state index in [4.69, 9.17) is 32.5 Å². The fraction of sp³-hybridized carbons (Fsp3) is 0.364. The van der Waals surface area contributed by atoms with Gasteiger partial charge in [-0.05, 0) is 36.4 Å². The van der Waals surface area contributed by atoms with Crippen molar-refractivity contribution >= 4 is 54.1 Å². The molecule has 0 aromatic heterocycles. The summed E-state index contributed by atoms with van der Waals surface area (Å²) >= 11 is 12.2. The zero-order valence-corrected chi connectivity index (χ0v) is 20.1. The van der Waals surface area contributed by atoms with Gasteiger partial charge in [-0.15, -0.1) is 0 Å². The third kappa shape index (κ3) is 7.37. The minimum atomic E-state index is -0.575. The number of carbonyl (C=O) groups excluding carboxylic acids is 2. The van der Waals surface area contributed by atoms with Gasteiger partial charge in [0.05, 0.1) is 11.4 Å². The Morgan fingerprint density at radius 1 is 0.742 bits per heavy atom. The van der Waals surface area contributed by atoms with Crippen LogP contribution < -0.4 is 19.9 Å². The Labute approximate surface area is 193 Å². The molecule has 0 saturated carbocycles. The van der Waals surface area contributed by atoms with Gasteiger partial charge < -0.3 is 19.9 Å². The molecule has 0 aliphatic heterocycles. The van der Waals surface area contributed by atoms with Crippen LogP contribution >= 0.6 is 23.2 Å². The highest BCUT2D eigenvalue weighted by Crippen LogP contribution is 2.32. The first kappa shape index (κ1) is 24.9. The number of rotatable bonds is 6. The van der Waals surface area contributed by atoms with Gasteiger partial charge in [-0.3, -0.25) is 9.59 Å². The molecule has 0 heterocycles. The lowest BCUT2D eigenvalue weighted by molar-refractivity contribution is -0.123. The monoisotopic (exact) mass is 464 g/mol. The van der Waals surface area contributed by atoms with E-state index in [9.17, 15) is 9.59 Å². The molecule has 0 aliphatic carbocycles. The Bertz CT molecular complexity index is 891. The Morgan fingerprint density at radius 3 is 1.42 bits per heavy atom. The fourth-order valence-electron chi connectivity index (χ4n) is 2.21. The molecule has 2 rings (SSSR count). The molecule has 0 unspecified atom stereocenters. The van der Waals surface area contributed by atoms with E-state index in [1.54, 1.807) is 36.4 Å². The highest BCUT2D eigenvalue weighted by Gasteiger charge is 2.24. The molecule has 31 heavy (non-hydrogen) atoms. The summed E-state index contributed by atoms with van der Waals surface area (Å²) in [5.41, 5.74) is -0.205. The van der Waals surface area contributed by atoms with E-state index in [2.05, 4.69) is 10.6 Å². The first-order valence-corrected chi connectivity index (χ1v) is 10.5. The van der Waals surface area contributed by atoms with Crippen molar-refractivity contribution in [3.8, 4) is 11.5 Å². The summed E-state index contributed by atoms with van der Waals surface area (Å²) in [6, 6.07) is 9.81.